The molecule has 3 aromatic rings. The van der Waals surface area contributed by atoms with E-state index >= 15 is 0 Å². The van der Waals surface area contributed by atoms with Crippen LogP contribution in [0.1, 0.15) is 27.9 Å². The number of carbonyl (C=O) groups is 1. The van der Waals surface area contributed by atoms with Crippen LogP contribution in [0.4, 0.5) is 4.39 Å². The molecule has 1 fully saturated rings. The lowest BCUT2D eigenvalue weighted by molar-refractivity contribution is 0.0787. The molecule has 1 saturated heterocycles. The molecule has 1 atom stereocenters. The number of benzene rings is 2. The highest BCUT2D eigenvalue weighted by Gasteiger charge is 2.30. The summed E-state index contributed by atoms with van der Waals surface area (Å²) in [5.41, 5.74) is 3.60. The second kappa shape index (κ2) is 7.35. The van der Waals surface area contributed by atoms with Gasteiger partial charge in [0, 0.05) is 18.7 Å². The van der Waals surface area contributed by atoms with Gasteiger partial charge in [-0.05, 0) is 43.4 Å². The van der Waals surface area contributed by atoms with Crippen molar-refractivity contribution in [2.75, 3.05) is 13.1 Å². The Labute approximate surface area is 157 Å². The highest BCUT2D eigenvalue weighted by Crippen LogP contribution is 2.28. The van der Waals surface area contributed by atoms with E-state index in [1.165, 1.54) is 18.3 Å². The summed E-state index contributed by atoms with van der Waals surface area (Å²) in [5.74, 6) is 0.621. The quantitative estimate of drug-likeness (QED) is 0.685. The van der Waals surface area contributed by atoms with E-state index < -0.39 is 0 Å². The Morgan fingerprint density at radius 3 is 2.67 bits per heavy atom. The lowest BCUT2D eigenvalue weighted by Gasteiger charge is -2.16. The van der Waals surface area contributed by atoms with Gasteiger partial charge >= 0.3 is 0 Å². The fraction of sp³-hybridized carbons (Fsp3) is 0.273. The van der Waals surface area contributed by atoms with Gasteiger partial charge in [-0.3, -0.25) is 4.79 Å². The second-order valence-corrected chi connectivity index (χ2v) is 7.17. The lowest BCUT2D eigenvalue weighted by Crippen LogP contribution is -2.29. The number of likely N-dealkylation sites (tertiary alicyclic amines) is 1. The van der Waals surface area contributed by atoms with Gasteiger partial charge in [-0.1, -0.05) is 47.1 Å². The molecule has 4 nitrogen and oxygen atoms in total. The monoisotopic (exact) mass is 364 g/mol. The first-order chi connectivity index (χ1) is 13.1. The molecule has 138 valence electrons. The minimum Gasteiger partial charge on any atom is -0.355 e. The summed E-state index contributed by atoms with van der Waals surface area (Å²) < 4.78 is 18.4. The van der Waals surface area contributed by atoms with Crippen molar-refractivity contribution < 1.29 is 13.7 Å². The molecule has 4 rings (SSSR count). The van der Waals surface area contributed by atoms with Gasteiger partial charge in [-0.2, -0.15) is 0 Å². The van der Waals surface area contributed by atoms with Crippen molar-refractivity contribution in [2.24, 2.45) is 5.92 Å². The van der Waals surface area contributed by atoms with Crippen LogP contribution in [0.3, 0.4) is 0 Å². The van der Waals surface area contributed by atoms with Gasteiger partial charge in [0.05, 0.1) is 6.20 Å². The molecule has 0 radical (unpaired) electrons. The Balaban J connectivity index is 1.46. The third kappa shape index (κ3) is 3.77. The van der Waals surface area contributed by atoms with Crippen molar-refractivity contribution in [3.63, 3.8) is 0 Å². The second-order valence-electron chi connectivity index (χ2n) is 7.17. The third-order valence-corrected chi connectivity index (χ3v) is 5.13. The molecule has 1 aliphatic heterocycles. The maximum Gasteiger partial charge on any atom is 0.259 e. The van der Waals surface area contributed by atoms with Gasteiger partial charge in [0.1, 0.15) is 11.4 Å². The van der Waals surface area contributed by atoms with E-state index in [0.717, 1.165) is 29.5 Å². The standard InChI is InChI=1S/C22H21FN2O2/c1-15-2-6-18(7-3-15)21-20(13-24-27-21)22(26)25-11-10-17(14-25)12-16-4-8-19(23)9-5-16/h2-9,13,17H,10-12,14H2,1H3. The number of aryl methyl sites for hydroxylation is 1. The number of carbonyl (C=O) groups excluding carboxylic acids is 1. The summed E-state index contributed by atoms with van der Waals surface area (Å²) in [5, 5.41) is 3.85. The smallest absolute Gasteiger partial charge is 0.259 e. The first-order valence-corrected chi connectivity index (χ1v) is 9.15. The third-order valence-electron chi connectivity index (χ3n) is 5.13. The molecule has 1 amide bonds. The number of nitrogens with zero attached hydrogens (tertiary/aromatic N) is 2. The zero-order valence-corrected chi connectivity index (χ0v) is 15.2. The predicted octanol–water partition coefficient (Wildman–Crippen LogP) is 4.49. The van der Waals surface area contributed by atoms with Crippen molar-refractivity contribution in [3.8, 4) is 11.3 Å². The zero-order valence-electron chi connectivity index (χ0n) is 15.2. The van der Waals surface area contributed by atoms with Crippen LogP contribution in [0.15, 0.2) is 59.3 Å². The summed E-state index contributed by atoms with van der Waals surface area (Å²) in [6.45, 7) is 3.42. The Hall–Kier alpha value is -2.95. The molecule has 1 aromatic heterocycles. The predicted molar refractivity (Wildman–Crippen MR) is 101 cm³/mol. The Bertz CT molecular complexity index is 932. The van der Waals surface area contributed by atoms with Gasteiger partial charge in [0.15, 0.2) is 5.76 Å². The Kier molecular flexibility index (Phi) is 4.75. The van der Waals surface area contributed by atoms with E-state index in [4.69, 9.17) is 4.52 Å². The highest BCUT2D eigenvalue weighted by molar-refractivity contribution is 5.99. The minimum absolute atomic E-state index is 0.0477. The molecule has 1 unspecified atom stereocenters. The van der Waals surface area contributed by atoms with Crippen LogP contribution in [0.25, 0.3) is 11.3 Å². The zero-order chi connectivity index (χ0) is 18.8. The molecule has 1 aliphatic rings. The average molecular weight is 364 g/mol. The van der Waals surface area contributed by atoms with Crippen molar-refractivity contribution in [1.29, 1.82) is 0 Å². The molecular weight excluding hydrogens is 343 g/mol. The average Bonchev–Trinajstić information content (AvgIpc) is 3.33. The molecule has 2 heterocycles. The number of rotatable bonds is 4. The largest absolute Gasteiger partial charge is 0.355 e. The molecule has 0 saturated carbocycles. The van der Waals surface area contributed by atoms with Gasteiger partial charge in [0.25, 0.3) is 5.91 Å². The van der Waals surface area contributed by atoms with Crippen molar-refractivity contribution in [2.45, 2.75) is 19.8 Å². The molecule has 5 heteroatoms. The molecule has 0 aliphatic carbocycles. The maximum absolute atomic E-state index is 13.1. The van der Waals surface area contributed by atoms with Crippen molar-refractivity contribution >= 4 is 5.91 Å². The molecule has 0 bridgehead atoms. The van der Waals surface area contributed by atoms with Crippen LogP contribution in [0.5, 0.6) is 0 Å². The summed E-state index contributed by atoms with van der Waals surface area (Å²) in [4.78, 5) is 14.8. The van der Waals surface area contributed by atoms with Crippen molar-refractivity contribution in [3.05, 3.63) is 77.2 Å². The number of hydrogen-bond donors (Lipinski definition) is 0. The van der Waals surface area contributed by atoms with E-state index in [0.29, 0.717) is 30.3 Å². The van der Waals surface area contributed by atoms with Crippen LogP contribution in [0, 0.1) is 18.7 Å². The number of halogens is 1. The Morgan fingerprint density at radius 1 is 1.19 bits per heavy atom. The summed E-state index contributed by atoms with van der Waals surface area (Å²) >= 11 is 0. The van der Waals surface area contributed by atoms with Gasteiger partial charge < -0.3 is 9.42 Å². The van der Waals surface area contributed by atoms with Crippen molar-refractivity contribution in [1.82, 2.24) is 10.1 Å². The number of aromatic nitrogens is 1. The van der Waals surface area contributed by atoms with E-state index in [9.17, 15) is 9.18 Å². The molecule has 2 aromatic carbocycles. The summed E-state index contributed by atoms with van der Waals surface area (Å²) in [6, 6.07) is 14.4. The fourth-order valence-electron chi connectivity index (χ4n) is 3.61. The van der Waals surface area contributed by atoms with Crippen LogP contribution in [0.2, 0.25) is 0 Å². The molecule has 0 spiro atoms. The minimum atomic E-state index is -0.224. The van der Waals surface area contributed by atoms with Crippen LogP contribution in [-0.4, -0.2) is 29.1 Å². The van der Waals surface area contributed by atoms with Gasteiger partial charge in [0.2, 0.25) is 0 Å². The molecule has 0 N–H and O–H groups in total. The summed E-state index contributed by atoms with van der Waals surface area (Å²) in [6.07, 6.45) is 3.29. The highest BCUT2D eigenvalue weighted by atomic mass is 19.1. The van der Waals surface area contributed by atoms with E-state index in [1.807, 2.05) is 48.2 Å². The van der Waals surface area contributed by atoms with Gasteiger partial charge in [-0.25, -0.2) is 4.39 Å². The molecular formula is C22H21FN2O2. The summed E-state index contributed by atoms with van der Waals surface area (Å²) in [7, 11) is 0. The van der Waals surface area contributed by atoms with Crippen LogP contribution in [-0.2, 0) is 6.42 Å². The van der Waals surface area contributed by atoms with E-state index in [1.54, 1.807) is 0 Å². The number of amides is 1. The number of hydrogen-bond acceptors (Lipinski definition) is 3. The lowest BCUT2D eigenvalue weighted by atomic mass is 9.99. The SMILES string of the molecule is Cc1ccc(-c2oncc2C(=O)N2CCC(Cc3ccc(F)cc3)C2)cc1. The Morgan fingerprint density at radius 2 is 1.93 bits per heavy atom. The fourth-order valence-corrected chi connectivity index (χ4v) is 3.61. The van der Waals surface area contributed by atoms with E-state index in [-0.39, 0.29) is 11.7 Å². The van der Waals surface area contributed by atoms with E-state index in [2.05, 4.69) is 5.16 Å². The topological polar surface area (TPSA) is 46.3 Å². The first-order valence-electron chi connectivity index (χ1n) is 9.15. The first kappa shape index (κ1) is 17.5. The maximum atomic E-state index is 13.1. The molecule has 27 heavy (non-hydrogen) atoms. The van der Waals surface area contributed by atoms with Gasteiger partial charge in [-0.15, -0.1) is 0 Å². The van der Waals surface area contributed by atoms with Crippen LogP contribution >= 0.6 is 0 Å². The normalized spacial score (nSPS) is 16.7. The van der Waals surface area contributed by atoms with Crippen LogP contribution < -0.4 is 0 Å².